The Bertz CT molecular complexity index is 682. The summed E-state index contributed by atoms with van der Waals surface area (Å²) in [6.07, 6.45) is 2.19. The van der Waals surface area contributed by atoms with Crippen molar-refractivity contribution in [1.29, 1.82) is 0 Å². The average Bonchev–Trinajstić information content (AvgIpc) is 3.14. The van der Waals surface area contributed by atoms with E-state index in [1.54, 1.807) is 0 Å². The topological polar surface area (TPSA) is 79.0 Å². The van der Waals surface area contributed by atoms with E-state index < -0.39 is 10.0 Å². The van der Waals surface area contributed by atoms with Crippen molar-refractivity contribution in [2.45, 2.75) is 24.7 Å². The predicted octanol–water partition coefficient (Wildman–Crippen LogP) is 0.429. The summed E-state index contributed by atoms with van der Waals surface area (Å²) in [5.41, 5.74) is 0.795. The molecule has 0 bridgehead atoms. The zero-order valence-corrected chi connectivity index (χ0v) is 15.8. The van der Waals surface area contributed by atoms with E-state index >= 15 is 0 Å². The van der Waals surface area contributed by atoms with Crippen molar-refractivity contribution in [3.05, 3.63) is 35.9 Å². The standard InChI is InChI=1S/C18H27N3O4S/c22-18(19-13-17-7-4-12-25-17)14-20-8-10-21(11-9-20)26(23,24)15-16-5-2-1-3-6-16/h1-3,5-6,17H,4,7-15H2,(H,19,22)/t17-/m0/s1. The minimum atomic E-state index is -3.32. The van der Waals surface area contributed by atoms with Gasteiger partial charge >= 0.3 is 0 Å². The van der Waals surface area contributed by atoms with Crippen LogP contribution in [0.2, 0.25) is 0 Å². The van der Waals surface area contributed by atoms with Crippen molar-refractivity contribution in [2.24, 2.45) is 0 Å². The molecule has 2 aliphatic heterocycles. The lowest BCUT2D eigenvalue weighted by Crippen LogP contribution is -2.51. The van der Waals surface area contributed by atoms with E-state index in [-0.39, 0.29) is 17.8 Å². The molecule has 0 aliphatic carbocycles. The highest BCUT2D eigenvalue weighted by Crippen LogP contribution is 2.14. The maximum Gasteiger partial charge on any atom is 0.234 e. The molecule has 1 atom stereocenters. The van der Waals surface area contributed by atoms with Gasteiger partial charge in [0, 0.05) is 39.3 Å². The lowest BCUT2D eigenvalue weighted by molar-refractivity contribution is -0.123. The number of benzene rings is 1. The highest BCUT2D eigenvalue weighted by Gasteiger charge is 2.28. The molecular formula is C18H27N3O4S. The highest BCUT2D eigenvalue weighted by atomic mass is 32.2. The highest BCUT2D eigenvalue weighted by molar-refractivity contribution is 7.88. The summed E-state index contributed by atoms with van der Waals surface area (Å²) >= 11 is 0. The number of sulfonamides is 1. The fourth-order valence-electron chi connectivity index (χ4n) is 3.33. The van der Waals surface area contributed by atoms with Crippen LogP contribution in [0.25, 0.3) is 0 Å². The summed E-state index contributed by atoms with van der Waals surface area (Å²) in [5.74, 6) is -0.00324. The van der Waals surface area contributed by atoms with Gasteiger partial charge in [-0.1, -0.05) is 30.3 Å². The number of hydrogen-bond donors (Lipinski definition) is 1. The fourth-order valence-corrected chi connectivity index (χ4v) is 4.85. The number of ether oxygens (including phenoxy) is 1. The van der Waals surface area contributed by atoms with Crippen LogP contribution in [0, 0.1) is 0 Å². The van der Waals surface area contributed by atoms with Gasteiger partial charge in [-0.3, -0.25) is 9.69 Å². The molecule has 0 saturated carbocycles. The molecule has 1 aromatic rings. The summed E-state index contributed by atoms with van der Waals surface area (Å²) < 4.78 is 32.1. The molecule has 3 rings (SSSR count). The number of hydrogen-bond acceptors (Lipinski definition) is 5. The van der Waals surface area contributed by atoms with Crippen molar-refractivity contribution < 1.29 is 17.9 Å². The van der Waals surface area contributed by atoms with E-state index in [0.29, 0.717) is 39.3 Å². The maximum absolute atomic E-state index is 12.5. The van der Waals surface area contributed by atoms with Crippen LogP contribution in [-0.2, 0) is 25.3 Å². The molecule has 144 valence electrons. The second-order valence-electron chi connectivity index (χ2n) is 6.86. The number of carbonyl (C=O) groups is 1. The molecule has 2 aliphatic rings. The molecule has 0 unspecified atom stereocenters. The normalized spacial score (nSPS) is 22.4. The second-order valence-corrected chi connectivity index (χ2v) is 8.83. The lowest BCUT2D eigenvalue weighted by atomic mass is 10.2. The molecule has 0 radical (unpaired) electrons. The molecule has 2 fully saturated rings. The van der Waals surface area contributed by atoms with Gasteiger partial charge in [0.2, 0.25) is 15.9 Å². The molecule has 1 amide bonds. The Morgan fingerprint density at radius 3 is 2.54 bits per heavy atom. The lowest BCUT2D eigenvalue weighted by Gasteiger charge is -2.33. The van der Waals surface area contributed by atoms with Gasteiger partial charge in [0.25, 0.3) is 0 Å². The van der Waals surface area contributed by atoms with E-state index in [4.69, 9.17) is 4.74 Å². The van der Waals surface area contributed by atoms with Crippen LogP contribution in [0.1, 0.15) is 18.4 Å². The number of nitrogens with zero attached hydrogens (tertiary/aromatic N) is 2. The SMILES string of the molecule is O=C(CN1CCN(S(=O)(=O)Cc2ccccc2)CC1)NC[C@@H]1CCCO1. The Hall–Kier alpha value is -1.48. The van der Waals surface area contributed by atoms with E-state index in [1.165, 1.54) is 4.31 Å². The van der Waals surface area contributed by atoms with Crippen LogP contribution in [0.5, 0.6) is 0 Å². The van der Waals surface area contributed by atoms with Gasteiger partial charge in [0.05, 0.1) is 18.4 Å². The van der Waals surface area contributed by atoms with Crippen molar-refractivity contribution in [3.63, 3.8) is 0 Å². The molecule has 2 saturated heterocycles. The first-order chi connectivity index (χ1) is 12.5. The van der Waals surface area contributed by atoms with Gasteiger partial charge in [0.15, 0.2) is 0 Å². The van der Waals surface area contributed by atoms with E-state index in [1.807, 2.05) is 35.2 Å². The van der Waals surface area contributed by atoms with Gasteiger partial charge in [-0.2, -0.15) is 4.31 Å². The van der Waals surface area contributed by atoms with Gasteiger partial charge in [-0.15, -0.1) is 0 Å². The van der Waals surface area contributed by atoms with Crippen LogP contribution in [-0.4, -0.2) is 75.5 Å². The molecule has 8 heteroatoms. The maximum atomic E-state index is 12.5. The zero-order valence-electron chi connectivity index (χ0n) is 15.0. The predicted molar refractivity (Wildman–Crippen MR) is 99.1 cm³/mol. The summed E-state index contributed by atoms with van der Waals surface area (Å²) in [4.78, 5) is 14.0. The van der Waals surface area contributed by atoms with Gasteiger partial charge in [0.1, 0.15) is 0 Å². The minimum absolute atomic E-state index is 0.0235. The van der Waals surface area contributed by atoms with Gasteiger partial charge in [-0.25, -0.2) is 8.42 Å². The van der Waals surface area contributed by atoms with Crippen LogP contribution in [0.3, 0.4) is 0 Å². The van der Waals surface area contributed by atoms with Crippen LogP contribution >= 0.6 is 0 Å². The van der Waals surface area contributed by atoms with E-state index in [2.05, 4.69) is 5.32 Å². The third kappa shape index (κ3) is 5.51. The molecule has 0 spiro atoms. The number of piperazine rings is 1. The number of rotatable bonds is 7. The Kier molecular flexibility index (Phi) is 6.63. The molecule has 1 N–H and O–H groups in total. The van der Waals surface area contributed by atoms with Gasteiger partial charge < -0.3 is 10.1 Å². The van der Waals surface area contributed by atoms with Crippen molar-refractivity contribution in [3.8, 4) is 0 Å². The Labute approximate surface area is 155 Å². The van der Waals surface area contributed by atoms with Crippen molar-refractivity contribution in [2.75, 3.05) is 45.9 Å². The second kappa shape index (κ2) is 8.94. The number of nitrogens with one attached hydrogen (secondary N) is 1. The fraction of sp³-hybridized carbons (Fsp3) is 0.611. The van der Waals surface area contributed by atoms with Crippen molar-refractivity contribution >= 4 is 15.9 Å². The quantitative estimate of drug-likeness (QED) is 0.741. The first-order valence-corrected chi connectivity index (χ1v) is 10.8. The summed E-state index contributed by atoms with van der Waals surface area (Å²) in [5, 5.41) is 2.91. The first kappa shape index (κ1) is 19.3. The van der Waals surface area contributed by atoms with Crippen LogP contribution in [0.15, 0.2) is 30.3 Å². The molecule has 7 nitrogen and oxygen atoms in total. The van der Waals surface area contributed by atoms with Crippen molar-refractivity contribution in [1.82, 2.24) is 14.5 Å². The van der Waals surface area contributed by atoms with Crippen LogP contribution < -0.4 is 5.32 Å². The zero-order chi connectivity index (χ0) is 18.4. The molecular weight excluding hydrogens is 354 g/mol. The monoisotopic (exact) mass is 381 g/mol. The Balaban J connectivity index is 1.41. The summed E-state index contributed by atoms with van der Waals surface area (Å²) in [6.45, 7) is 3.63. The molecule has 2 heterocycles. The first-order valence-electron chi connectivity index (χ1n) is 9.15. The third-order valence-corrected chi connectivity index (χ3v) is 6.68. The summed E-state index contributed by atoms with van der Waals surface area (Å²) in [7, 11) is -3.32. The number of carbonyl (C=O) groups excluding carboxylic acids is 1. The van der Waals surface area contributed by atoms with E-state index in [0.717, 1.165) is 25.0 Å². The minimum Gasteiger partial charge on any atom is -0.376 e. The van der Waals surface area contributed by atoms with Gasteiger partial charge in [-0.05, 0) is 18.4 Å². The summed E-state index contributed by atoms with van der Waals surface area (Å²) in [6, 6.07) is 9.22. The molecule has 1 aromatic carbocycles. The Morgan fingerprint density at radius 2 is 1.88 bits per heavy atom. The van der Waals surface area contributed by atoms with Crippen LogP contribution in [0.4, 0.5) is 0 Å². The largest absolute Gasteiger partial charge is 0.376 e. The number of amides is 1. The third-order valence-electron chi connectivity index (χ3n) is 4.83. The molecule has 26 heavy (non-hydrogen) atoms. The average molecular weight is 381 g/mol. The smallest absolute Gasteiger partial charge is 0.234 e. The molecule has 0 aromatic heterocycles. The van der Waals surface area contributed by atoms with E-state index in [9.17, 15) is 13.2 Å². The Morgan fingerprint density at radius 1 is 1.15 bits per heavy atom.